The van der Waals surface area contributed by atoms with Gasteiger partial charge in [-0.05, 0) is 62.5 Å². The lowest BCUT2D eigenvalue weighted by Crippen LogP contribution is -2.56. The summed E-state index contributed by atoms with van der Waals surface area (Å²) < 4.78 is 5.80. The molecule has 0 aromatic rings. The fourth-order valence-electron chi connectivity index (χ4n) is 6.94. The van der Waals surface area contributed by atoms with Gasteiger partial charge in [-0.3, -0.25) is 14.4 Å². The monoisotopic (exact) mass is 382 g/mol. The number of rotatable bonds is 2. The molecule has 4 aliphatic carbocycles. The smallest absolute Gasteiger partial charge is 0.303 e. The first-order valence-corrected chi connectivity index (χ1v) is 10.4. The van der Waals surface area contributed by atoms with E-state index in [1.807, 2.05) is 6.08 Å². The normalized spacial score (nSPS) is 42.0. The molecule has 0 aliphatic heterocycles. The molecule has 150 valence electrons. The molecule has 0 spiro atoms. The molecule has 5 atom stereocenters. The Kier molecular flexibility index (Phi) is 4.16. The maximum atomic E-state index is 12.9. The highest BCUT2D eigenvalue weighted by Gasteiger charge is 2.68. The van der Waals surface area contributed by atoms with Gasteiger partial charge in [-0.2, -0.15) is 0 Å². The van der Waals surface area contributed by atoms with Crippen molar-refractivity contribution in [2.75, 3.05) is 0 Å². The van der Waals surface area contributed by atoms with Gasteiger partial charge in [-0.1, -0.05) is 37.6 Å². The van der Waals surface area contributed by atoms with Crippen LogP contribution in [0.2, 0.25) is 0 Å². The van der Waals surface area contributed by atoms with Crippen molar-refractivity contribution in [3.63, 3.8) is 0 Å². The molecule has 0 saturated heterocycles. The molecule has 4 aliphatic rings. The van der Waals surface area contributed by atoms with Gasteiger partial charge in [0.15, 0.2) is 17.2 Å². The number of hydrogen-bond acceptors (Lipinski definition) is 4. The van der Waals surface area contributed by atoms with Gasteiger partial charge in [-0.25, -0.2) is 0 Å². The van der Waals surface area contributed by atoms with Gasteiger partial charge in [0, 0.05) is 24.2 Å². The first kappa shape index (κ1) is 19.4. The van der Waals surface area contributed by atoms with Crippen molar-refractivity contribution in [1.29, 1.82) is 0 Å². The number of hydrogen-bond donors (Lipinski definition) is 0. The number of ether oxygens (including phenoxy) is 1. The lowest BCUT2D eigenvalue weighted by atomic mass is 9.50. The van der Waals surface area contributed by atoms with E-state index in [9.17, 15) is 14.4 Å². The van der Waals surface area contributed by atoms with E-state index in [1.165, 1.54) is 25.0 Å². The topological polar surface area (TPSA) is 60.4 Å². The number of allylic oxidation sites excluding steroid dienone is 4. The highest BCUT2D eigenvalue weighted by Crippen LogP contribution is 2.67. The minimum absolute atomic E-state index is 0.0532. The molecule has 2 saturated carbocycles. The summed E-state index contributed by atoms with van der Waals surface area (Å²) in [5.74, 6) is 0.244. The summed E-state index contributed by atoms with van der Waals surface area (Å²) in [5.41, 5.74) is 1.67. The SMILES string of the molecule is C=C1C[C@H]2[C@@H]3CCC4=CC(=O)CC[C@]4(C)C3=CC[C@]2(C)[C@@]1(OC(C)=O)C(C)=O. The largest absolute Gasteiger partial charge is 0.446 e. The molecular formula is C24H30O4. The predicted molar refractivity (Wildman–Crippen MR) is 106 cm³/mol. The van der Waals surface area contributed by atoms with Crippen molar-refractivity contribution in [2.45, 2.75) is 71.8 Å². The molecular weight excluding hydrogens is 352 g/mol. The van der Waals surface area contributed by atoms with E-state index in [0.29, 0.717) is 25.2 Å². The van der Waals surface area contributed by atoms with Gasteiger partial charge in [-0.15, -0.1) is 0 Å². The first-order valence-electron chi connectivity index (χ1n) is 10.4. The Bertz CT molecular complexity index is 862. The highest BCUT2D eigenvalue weighted by atomic mass is 16.6. The van der Waals surface area contributed by atoms with Crippen molar-refractivity contribution < 1.29 is 19.1 Å². The van der Waals surface area contributed by atoms with Crippen LogP contribution in [0, 0.1) is 22.7 Å². The maximum absolute atomic E-state index is 12.9. The zero-order valence-corrected chi connectivity index (χ0v) is 17.4. The minimum atomic E-state index is -1.23. The van der Waals surface area contributed by atoms with Crippen LogP contribution in [0.3, 0.4) is 0 Å². The van der Waals surface area contributed by atoms with Crippen LogP contribution in [0.4, 0.5) is 0 Å². The molecule has 28 heavy (non-hydrogen) atoms. The van der Waals surface area contributed by atoms with Crippen molar-refractivity contribution in [3.05, 3.63) is 35.5 Å². The number of carbonyl (C=O) groups is 3. The maximum Gasteiger partial charge on any atom is 0.303 e. The van der Waals surface area contributed by atoms with Crippen molar-refractivity contribution in [2.24, 2.45) is 22.7 Å². The third-order valence-electron chi connectivity index (χ3n) is 8.29. The first-order chi connectivity index (χ1) is 13.1. The molecule has 0 N–H and O–H groups in total. The van der Waals surface area contributed by atoms with Crippen LogP contribution < -0.4 is 0 Å². The van der Waals surface area contributed by atoms with Gasteiger partial charge in [0.2, 0.25) is 0 Å². The van der Waals surface area contributed by atoms with Crippen LogP contribution >= 0.6 is 0 Å². The lowest BCUT2D eigenvalue weighted by molar-refractivity contribution is -0.175. The predicted octanol–water partition coefficient (Wildman–Crippen LogP) is 4.50. The summed E-state index contributed by atoms with van der Waals surface area (Å²) in [6.07, 6.45) is 8.93. The van der Waals surface area contributed by atoms with Gasteiger partial charge in [0.05, 0.1) is 0 Å². The van der Waals surface area contributed by atoms with Crippen molar-refractivity contribution in [3.8, 4) is 0 Å². The second kappa shape index (κ2) is 6.01. The van der Waals surface area contributed by atoms with Gasteiger partial charge in [0.25, 0.3) is 0 Å². The van der Waals surface area contributed by atoms with Crippen LogP contribution in [-0.4, -0.2) is 23.1 Å². The molecule has 0 radical (unpaired) electrons. The fraction of sp³-hybridized carbons (Fsp3) is 0.625. The molecule has 0 aromatic heterocycles. The quantitative estimate of drug-likeness (QED) is 0.521. The molecule has 4 nitrogen and oxygen atoms in total. The molecule has 0 amide bonds. The summed E-state index contributed by atoms with van der Waals surface area (Å²) in [6, 6.07) is 0. The molecule has 0 unspecified atom stereocenters. The van der Waals surface area contributed by atoms with Crippen molar-refractivity contribution >= 4 is 17.5 Å². The second-order valence-electron chi connectivity index (χ2n) is 9.64. The summed E-state index contributed by atoms with van der Waals surface area (Å²) in [6.45, 7) is 11.5. The van der Waals surface area contributed by atoms with E-state index in [4.69, 9.17) is 4.74 Å². The molecule has 0 bridgehead atoms. The Balaban J connectivity index is 1.82. The zero-order valence-electron chi connectivity index (χ0n) is 17.4. The number of ketones is 2. The van der Waals surface area contributed by atoms with Gasteiger partial charge in [0.1, 0.15) is 0 Å². The average Bonchev–Trinajstić information content (AvgIpc) is 2.83. The lowest BCUT2D eigenvalue weighted by Gasteiger charge is -2.54. The van der Waals surface area contributed by atoms with Gasteiger partial charge >= 0.3 is 5.97 Å². The van der Waals surface area contributed by atoms with E-state index in [-0.39, 0.29) is 22.9 Å². The number of carbonyl (C=O) groups excluding carboxylic acids is 3. The van der Waals surface area contributed by atoms with Crippen LogP contribution in [0.15, 0.2) is 35.5 Å². The number of Topliss-reactive ketones (excluding diaryl/α,β-unsaturated/α-hetero) is 1. The van der Waals surface area contributed by atoms with Crippen LogP contribution in [-0.2, 0) is 19.1 Å². The molecule has 2 fully saturated rings. The summed E-state index contributed by atoms with van der Waals surface area (Å²) in [7, 11) is 0. The Morgan fingerprint density at radius 1 is 1.21 bits per heavy atom. The van der Waals surface area contributed by atoms with Crippen LogP contribution in [0.25, 0.3) is 0 Å². The summed E-state index contributed by atoms with van der Waals surface area (Å²) >= 11 is 0. The van der Waals surface area contributed by atoms with Crippen LogP contribution in [0.1, 0.15) is 66.2 Å². The Morgan fingerprint density at radius 3 is 2.57 bits per heavy atom. The molecule has 0 aromatic carbocycles. The number of esters is 1. The van der Waals surface area contributed by atoms with E-state index < -0.39 is 17.0 Å². The average molecular weight is 383 g/mol. The summed E-state index contributed by atoms with van der Waals surface area (Å²) in [4.78, 5) is 36.8. The molecule has 4 rings (SSSR count). The molecule has 0 heterocycles. The Morgan fingerprint density at radius 2 is 1.93 bits per heavy atom. The minimum Gasteiger partial charge on any atom is -0.446 e. The van der Waals surface area contributed by atoms with E-state index in [0.717, 1.165) is 24.8 Å². The van der Waals surface area contributed by atoms with Crippen molar-refractivity contribution in [1.82, 2.24) is 0 Å². The Labute approximate surface area is 167 Å². The third-order valence-corrected chi connectivity index (χ3v) is 8.29. The molecule has 4 heteroatoms. The Hall–Kier alpha value is -1.97. The number of fused-ring (bicyclic) bond motifs is 5. The summed E-state index contributed by atoms with van der Waals surface area (Å²) in [5, 5.41) is 0. The standard InChI is InChI=1S/C24H30O4/c1-14-12-21-19-7-6-17-13-18(27)8-10-22(17,4)20(19)9-11-23(21,5)24(14,15(2)25)28-16(3)26/h9,13,19,21H,1,6-8,10-12H2,2-5H3/t19-,21+,22+,23+,24+/m1/s1. The highest BCUT2D eigenvalue weighted by molar-refractivity contribution is 5.93. The van der Waals surface area contributed by atoms with E-state index in [1.54, 1.807) is 0 Å². The van der Waals surface area contributed by atoms with E-state index in [2.05, 4.69) is 26.5 Å². The van der Waals surface area contributed by atoms with Gasteiger partial charge < -0.3 is 4.74 Å². The van der Waals surface area contributed by atoms with E-state index >= 15 is 0 Å². The zero-order chi connectivity index (χ0) is 20.5. The third kappa shape index (κ3) is 2.26. The second-order valence-corrected chi connectivity index (χ2v) is 9.64. The van der Waals surface area contributed by atoms with Crippen LogP contribution in [0.5, 0.6) is 0 Å². The fourth-order valence-corrected chi connectivity index (χ4v) is 6.94.